The van der Waals surface area contributed by atoms with E-state index in [1.54, 1.807) is 31.2 Å². The summed E-state index contributed by atoms with van der Waals surface area (Å²) >= 11 is 0. The normalized spacial score (nSPS) is 13.0. The first-order valence-electron chi connectivity index (χ1n) is 13.1. The van der Waals surface area contributed by atoms with Crippen molar-refractivity contribution in [2.45, 2.75) is 45.2 Å². The van der Waals surface area contributed by atoms with Crippen LogP contribution in [0.5, 0.6) is 0 Å². The third-order valence-corrected chi connectivity index (χ3v) is 6.23. The Kier molecular flexibility index (Phi) is 13.7. The van der Waals surface area contributed by atoms with Crippen LogP contribution in [0.2, 0.25) is 0 Å². The van der Waals surface area contributed by atoms with E-state index in [0.29, 0.717) is 25.8 Å². The number of aliphatic hydroxyl groups excluding tert-OH is 1. The zero-order valence-corrected chi connectivity index (χ0v) is 22.6. The Morgan fingerprint density at radius 2 is 1.64 bits per heavy atom. The topological polar surface area (TPSA) is 95.9 Å². The summed E-state index contributed by atoms with van der Waals surface area (Å²) in [7, 11) is 0. The Morgan fingerprint density at radius 3 is 2.26 bits per heavy atom. The monoisotopic (exact) mass is 538 g/mol. The first kappa shape index (κ1) is 31.4. The second-order valence-electron chi connectivity index (χ2n) is 9.54. The van der Waals surface area contributed by atoms with Crippen molar-refractivity contribution in [2.24, 2.45) is 11.8 Å². The van der Waals surface area contributed by atoms with Crippen molar-refractivity contribution >= 4 is 17.8 Å². The number of carbonyl (C=O) groups excluding carboxylic acids is 3. The molecular formula is C31H39FN2O5. The lowest BCUT2D eigenvalue weighted by Crippen LogP contribution is -2.42. The van der Waals surface area contributed by atoms with Gasteiger partial charge in [0.15, 0.2) is 0 Å². The molecule has 2 aromatic rings. The molecule has 0 aliphatic rings. The average molecular weight is 539 g/mol. The number of hydrogen-bond donors (Lipinski definition) is 2. The van der Waals surface area contributed by atoms with E-state index < -0.39 is 23.8 Å². The van der Waals surface area contributed by atoms with Crippen LogP contribution in [0.4, 0.5) is 4.39 Å². The third kappa shape index (κ3) is 11.2. The minimum Gasteiger partial charge on any atom is -0.463 e. The molecule has 0 fully saturated rings. The van der Waals surface area contributed by atoms with E-state index >= 15 is 0 Å². The first-order chi connectivity index (χ1) is 18.8. The van der Waals surface area contributed by atoms with Crippen molar-refractivity contribution in [3.63, 3.8) is 0 Å². The molecule has 0 aliphatic carbocycles. The zero-order valence-electron chi connectivity index (χ0n) is 22.6. The molecule has 0 saturated carbocycles. The summed E-state index contributed by atoms with van der Waals surface area (Å²) in [5.41, 5.74) is 1.73. The number of benzene rings is 2. The van der Waals surface area contributed by atoms with Gasteiger partial charge in [-0.15, -0.1) is 13.2 Å². The maximum absolute atomic E-state index is 13.2. The summed E-state index contributed by atoms with van der Waals surface area (Å²) < 4.78 is 18.7. The summed E-state index contributed by atoms with van der Waals surface area (Å²) in [6.07, 6.45) is 4.24. The fourth-order valence-electron chi connectivity index (χ4n) is 4.14. The Morgan fingerprint density at radius 1 is 1.00 bits per heavy atom. The Hall–Kier alpha value is -3.78. The quantitative estimate of drug-likeness (QED) is 0.232. The average Bonchev–Trinajstić information content (AvgIpc) is 2.92. The van der Waals surface area contributed by atoms with Crippen molar-refractivity contribution in [1.82, 2.24) is 10.2 Å². The number of rotatable bonds is 17. The van der Waals surface area contributed by atoms with Gasteiger partial charge in [-0.05, 0) is 49.4 Å². The molecule has 0 aromatic heterocycles. The summed E-state index contributed by atoms with van der Waals surface area (Å²) in [6, 6.07) is 14.9. The lowest BCUT2D eigenvalue weighted by atomic mass is 9.96. The van der Waals surface area contributed by atoms with E-state index in [-0.39, 0.29) is 43.8 Å². The molecule has 39 heavy (non-hydrogen) atoms. The number of aliphatic hydroxyl groups is 1. The van der Waals surface area contributed by atoms with Gasteiger partial charge in [-0.2, -0.15) is 0 Å². The van der Waals surface area contributed by atoms with Gasteiger partial charge in [-0.25, -0.2) is 4.39 Å². The van der Waals surface area contributed by atoms with Crippen molar-refractivity contribution in [3.05, 3.63) is 96.9 Å². The zero-order chi connectivity index (χ0) is 28.6. The number of ether oxygens (including phenoxy) is 1. The van der Waals surface area contributed by atoms with Crippen molar-refractivity contribution in [2.75, 3.05) is 19.8 Å². The number of carbonyl (C=O) groups is 3. The first-order valence-corrected chi connectivity index (χ1v) is 13.1. The summed E-state index contributed by atoms with van der Waals surface area (Å²) in [6.45, 7) is 9.39. The number of nitrogens with zero attached hydrogens (tertiary/aromatic N) is 1. The summed E-state index contributed by atoms with van der Waals surface area (Å²) in [4.78, 5) is 40.3. The number of halogens is 1. The minimum absolute atomic E-state index is 0.0406. The van der Waals surface area contributed by atoms with Crippen molar-refractivity contribution in [1.29, 1.82) is 0 Å². The molecule has 2 amide bonds. The van der Waals surface area contributed by atoms with Crippen molar-refractivity contribution in [3.8, 4) is 0 Å². The number of esters is 1. The maximum Gasteiger partial charge on any atom is 0.309 e. The Bertz CT molecular complexity index is 1070. The second-order valence-corrected chi connectivity index (χ2v) is 9.54. The fraction of sp³-hybridized carbons (Fsp3) is 0.387. The molecule has 0 heterocycles. The van der Waals surface area contributed by atoms with Crippen LogP contribution in [0.1, 0.15) is 37.3 Å². The van der Waals surface area contributed by atoms with Gasteiger partial charge in [0.05, 0.1) is 24.5 Å². The minimum atomic E-state index is -0.655. The molecule has 7 nitrogen and oxygen atoms in total. The molecule has 2 N–H and O–H groups in total. The molecule has 210 valence electrons. The highest BCUT2D eigenvalue weighted by molar-refractivity contribution is 5.86. The van der Waals surface area contributed by atoms with Crippen molar-refractivity contribution < 1.29 is 28.6 Å². The number of hydrogen-bond acceptors (Lipinski definition) is 5. The van der Waals surface area contributed by atoms with Gasteiger partial charge in [-0.1, -0.05) is 54.6 Å². The van der Waals surface area contributed by atoms with E-state index in [0.717, 1.165) is 11.1 Å². The van der Waals surface area contributed by atoms with Gasteiger partial charge in [0.1, 0.15) is 12.4 Å². The molecule has 0 spiro atoms. The summed E-state index contributed by atoms with van der Waals surface area (Å²) in [5.74, 6) is -2.51. The lowest BCUT2D eigenvalue weighted by molar-refractivity contribution is -0.149. The Labute approximate surface area is 230 Å². The van der Waals surface area contributed by atoms with Crippen LogP contribution in [0, 0.1) is 17.7 Å². The van der Waals surface area contributed by atoms with Crippen LogP contribution < -0.4 is 5.32 Å². The number of nitrogens with one attached hydrogen (secondary N) is 1. The second kappa shape index (κ2) is 16.9. The van der Waals surface area contributed by atoms with Crippen LogP contribution in [0.15, 0.2) is 79.9 Å². The molecule has 2 aromatic carbocycles. The molecule has 0 unspecified atom stereocenters. The van der Waals surface area contributed by atoms with Gasteiger partial charge in [0, 0.05) is 19.5 Å². The van der Waals surface area contributed by atoms with Crippen LogP contribution in [-0.4, -0.2) is 53.6 Å². The highest BCUT2D eigenvalue weighted by atomic mass is 19.1. The van der Waals surface area contributed by atoms with Crippen LogP contribution in [0.25, 0.3) is 0 Å². The highest BCUT2D eigenvalue weighted by Gasteiger charge is 2.26. The standard InChI is InChI=1S/C31H39FN2O5/c1-4-9-26(20-29(36)34(17-18-35)21-25-11-7-6-8-12-25)30(37)33-23(3)22-39-31(38)27(10-5-2)19-24-13-15-28(32)16-14-24/h4-8,11-16,23,26-27,35H,1-2,9-10,17-22H2,3H3,(H,33,37)/t23-,26+,27-/m0/s1. The highest BCUT2D eigenvalue weighted by Crippen LogP contribution is 2.17. The smallest absolute Gasteiger partial charge is 0.309 e. The fourth-order valence-corrected chi connectivity index (χ4v) is 4.14. The van der Waals surface area contributed by atoms with Crippen LogP contribution in [0.3, 0.4) is 0 Å². The largest absolute Gasteiger partial charge is 0.463 e. The third-order valence-electron chi connectivity index (χ3n) is 6.23. The Balaban J connectivity index is 1.92. The van der Waals surface area contributed by atoms with Crippen LogP contribution >= 0.6 is 0 Å². The predicted molar refractivity (Wildman–Crippen MR) is 149 cm³/mol. The molecular weight excluding hydrogens is 499 g/mol. The van der Waals surface area contributed by atoms with Gasteiger partial charge in [0.2, 0.25) is 11.8 Å². The molecule has 8 heteroatoms. The van der Waals surface area contributed by atoms with Gasteiger partial charge in [0.25, 0.3) is 0 Å². The van der Waals surface area contributed by atoms with Gasteiger partial charge < -0.3 is 20.1 Å². The number of amides is 2. The molecule has 0 radical (unpaired) electrons. The number of allylic oxidation sites excluding steroid dienone is 2. The van der Waals surface area contributed by atoms with E-state index in [9.17, 15) is 23.9 Å². The lowest BCUT2D eigenvalue weighted by Gasteiger charge is -2.25. The molecule has 0 bridgehead atoms. The van der Waals surface area contributed by atoms with E-state index in [1.807, 2.05) is 30.3 Å². The van der Waals surface area contributed by atoms with Crippen LogP contribution in [-0.2, 0) is 32.1 Å². The summed E-state index contributed by atoms with van der Waals surface area (Å²) in [5, 5.41) is 12.3. The molecule has 3 atom stereocenters. The van der Waals surface area contributed by atoms with Gasteiger partial charge in [-0.3, -0.25) is 14.4 Å². The molecule has 0 saturated heterocycles. The van der Waals surface area contributed by atoms with E-state index in [2.05, 4.69) is 18.5 Å². The van der Waals surface area contributed by atoms with E-state index in [4.69, 9.17) is 4.74 Å². The van der Waals surface area contributed by atoms with E-state index in [1.165, 1.54) is 17.0 Å². The molecule has 0 aliphatic heterocycles. The molecule has 2 rings (SSSR count). The van der Waals surface area contributed by atoms with Gasteiger partial charge >= 0.3 is 5.97 Å². The maximum atomic E-state index is 13.2. The predicted octanol–water partition coefficient (Wildman–Crippen LogP) is 4.21. The SMILES string of the molecule is C=CC[C@H](CC(=O)N(CCO)Cc1ccccc1)C(=O)N[C@@H](C)COC(=O)[C@@H](CC=C)Cc1ccc(F)cc1.